The number of alkyl halides is 3. The van der Waals surface area contributed by atoms with Gasteiger partial charge in [-0.3, -0.25) is 4.79 Å². The molecule has 0 spiro atoms. The molecule has 236 valence electrons. The Balaban J connectivity index is 1.62. The van der Waals surface area contributed by atoms with E-state index in [4.69, 9.17) is 26.5 Å². The minimum absolute atomic E-state index is 0.114. The zero-order valence-electron chi connectivity index (χ0n) is 25.0. The van der Waals surface area contributed by atoms with Crippen molar-refractivity contribution in [3.63, 3.8) is 0 Å². The maximum absolute atomic E-state index is 13.8. The number of nitrogens with zero attached hydrogens (tertiary/aromatic N) is 3. The highest BCUT2D eigenvalue weighted by molar-refractivity contribution is 6.32. The largest absolute Gasteiger partial charge is 0.507 e. The van der Waals surface area contributed by atoms with Gasteiger partial charge in [0.15, 0.2) is 5.69 Å². The topological polar surface area (TPSA) is 118 Å². The van der Waals surface area contributed by atoms with Crippen molar-refractivity contribution in [2.75, 3.05) is 11.9 Å². The monoisotopic (exact) mass is 642 g/mol. The van der Waals surface area contributed by atoms with Crippen LogP contribution in [0.15, 0.2) is 66.7 Å². The SMILES string of the molecule is CC(=N)c1ccc(N(C)C(=O)c2cccc(-n3nc(C(F)(F)F)c(Cl)c3COc3ccc(C(=O)OC(C)(C)C)cc3)c2)cc1O. The minimum Gasteiger partial charge on any atom is -0.507 e. The molecule has 45 heavy (non-hydrogen) atoms. The van der Waals surface area contributed by atoms with Crippen LogP contribution in [0, 0.1) is 5.41 Å². The first-order valence-electron chi connectivity index (χ1n) is 13.5. The molecular weight excluding hydrogens is 613 g/mol. The van der Waals surface area contributed by atoms with E-state index >= 15 is 0 Å². The Labute approximate surface area is 262 Å². The average molecular weight is 643 g/mol. The third-order valence-electron chi connectivity index (χ3n) is 6.46. The van der Waals surface area contributed by atoms with Crippen LogP contribution in [0.25, 0.3) is 5.69 Å². The van der Waals surface area contributed by atoms with E-state index in [2.05, 4.69) is 5.10 Å². The highest BCUT2D eigenvalue weighted by atomic mass is 35.5. The first kappa shape index (κ1) is 33.1. The van der Waals surface area contributed by atoms with E-state index in [1.807, 2.05) is 0 Å². The van der Waals surface area contributed by atoms with Gasteiger partial charge >= 0.3 is 12.1 Å². The number of phenolic OH excluding ortho intramolecular Hbond substituents is 1. The molecule has 1 amide bonds. The van der Waals surface area contributed by atoms with Crippen LogP contribution < -0.4 is 9.64 Å². The Bertz CT molecular complexity index is 1760. The molecule has 1 aromatic heterocycles. The molecule has 9 nitrogen and oxygen atoms in total. The number of aromatic hydroxyl groups is 1. The lowest BCUT2D eigenvalue weighted by atomic mass is 10.1. The molecule has 0 aliphatic heterocycles. The highest BCUT2D eigenvalue weighted by Gasteiger charge is 2.39. The Hall–Kier alpha value is -4.84. The summed E-state index contributed by atoms with van der Waals surface area (Å²) in [6.07, 6.45) is -4.87. The number of anilines is 1. The van der Waals surface area contributed by atoms with E-state index in [0.717, 1.165) is 4.68 Å². The number of carbonyl (C=O) groups is 2. The fourth-order valence-corrected chi connectivity index (χ4v) is 4.54. The number of hydrogen-bond acceptors (Lipinski definition) is 7. The second-order valence-electron chi connectivity index (χ2n) is 11.1. The van der Waals surface area contributed by atoms with Crippen LogP contribution in [0.4, 0.5) is 18.9 Å². The molecule has 2 N–H and O–H groups in total. The lowest BCUT2D eigenvalue weighted by Gasteiger charge is -2.19. The van der Waals surface area contributed by atoms with E-state index in [-0.39, 0.29) is 39.7 Å². The molecule has 4 rings (SSSR count). The summed E-state index contributed by atoms with van der Waals surface area (Å²) >= 11 is 6.18. The van der Waals surface area contributed by atoms with Crippen molar-refractivity contribution < 1.29 is 37.3 Å². The molecule has 0 saturated carbocycles. The smallest absolute Gasteiger partial charge is 0.436 e. The summed E-state index contributed by atoms with van der Waals surface area (Å²) in [6.45, 7) is 6.30. The lowest BCUT2D eigenvalue weighted by Crippen LogP contribution is -2.26. The first-order valence-corrected chi connectivity index (χ1v) is 13.9. The normalized spacial score (nSPS) is 11.7. The molecular formula is C32H30ClF3N4O5. The van der Waals surface area contributed by atoms with Gasteiger partial charge in [-0.25, -0.2) is 9.48 Å². The quantitative estimate of drug-likeness (QED) is 0.152. The molecule has 0 aliphatic carbocycles. The van der Waals surface area contributed by atoms with Crippen LogP contribution in [-0.4, -0.2) is 45.1 Å². The minimum atomic E-state index is -4.87. The van der Waals surface area contributed by atoms with Gasteiger partial charge in [0.25, 0.3) is 5.91 Å². The van der Waals surface area contributed by atoms with Gasteiger partial charge in [0, 0.05) is 35.6 Å². The number of benzene rings is 3. The van der Waals surface area contributed by atoms with Crippen molar-refractivity contribution in [2.45, 2.75) is 46.1 Å². The van der Waals surface area contributed by atoms with E-state index < -0.39 is 41.0 Å². The molecule has 0 bridgehead atoms. The molecule has 0 unspecified atom stereocenters. The molecule has 0 saturated heterocycles. The average Bonchev–Trinajstić information content (AvgIpc) is 3.31. The maximum Gasteiger partial charge on any atom is 0.436 e. The molecule has 0 fully saturated rings. The zero-order chi connectivity index (χ0) is 33.3. The summed E-state index contributed by atoms with van der Waals surface area (Å²) in [5.41, 5.74) is -0.849. The summed E-state index contributed by atoms with van der Waals surface area (Å²) in [5, 5.41) is 21.0. The maximum atomic E-state index is 13.8. The summed E-state index contributed by atoms with van der Waals surface area (Å²) in [6, 6.07) is 16.1. The number of halogens is 4. The number of nitrogens with one attached hydrogen (secondary N) is 1. The second-order valence-corrected chi connectivity index (χ2v) is 11.5. The summed E-state index contributed by atoms with van der Waals surface area (Å²) in [7, 11) is 1.47. The second kappa shape index (κ2) is 12.6. The lowest BCUT2D eigenvalue weighted by molar-refractivity contribution is -0.141. The van der Waals surface area contributed by atoms with Crippen LogP contribution in [0.1, 0.15) is 65.4 Å². The molecule has 3 aromatic carbocycles. The molecule has 4 aromatic rings. The van der Waals surface area contributed by atoms with E-state index in [1.165, 1.54) is 79.5 Å². The van der Waals surface area contributed by atoms with Crippen LogP contribution in [0.3, 0.4) is 0 Å². The Kier molecular flexibility index (Phi) is 9.29. The van der Waals surface area contributed by atoms with Gasteiger partial charge in [-0.15, -0.1) is 0 Å². The van der Waals surface area contributed by atoms with Crippen molar-refractivity contribution in [3.8, 4) is 17.2 Å². The molecule has 0 aliphatic rings. The van der Waals surface area contributed by atoms with Gasteiger partial charge in [0.2, 0.25) is 0 Å². The molecule has 1 heterocycles. The van der Waals surface area contributed by atoms with Crippen LogP contribution in [0.5, 0.6) is 11.5 Å². The fraction of sp³-hybridized carbons (Fsp3) is 0.250. The van der Waals surface area contributed by atoms with Gasteiger partial charge in [0.1, 0.15) is 29.4 Å². The van der Waals surface area contributed by atoms with Crippen LogP contribution in [-0.2, 0) is 17.5 Å². The van der Waals surface area contributed by atoms with Crippen molar-refractivity contribution >= 4 is 34.9 Å². The van der Waals surface area contributed by atoms with Gasteiger partial charge in [0.05, 0.1) is 16.3 Å². The fourth-order valence-electron chi connectivity index (χ4n) is 4.26. The molecule has 13 heteroatoms. The van der Waals surface area contributed by atoms with E-state index in [0.29, 0.717) is 11.3 Å². The van der Waals surface area contributed by atoms with Crippen molar-refractivity contribution in [1.82, 2.24) is 9.78 Å². The number of carbonyl (C=O) groups excluding carboxylic acids is 2. The number of esters is 1. The number of amides is 1. The molecule has 0 atom stereocenters. The van der Waals surface area contributed by atoms with Gasteiger partial charge in [-0.1, -0.05) is 17.7 Å². The first-order chi connectivity index (χ1) is 21.0. The molecule has 0 radical (unpaired) electrons. The third-order valence-corrected chi connectivity index (χ3v) is 6.86. The van der Waals surface area contributed by atoms with Crippen molar-refractivity contribution in [3.05, 3.63) is 99.8 Å². The summed E-state index contributed by atoms with van der Waals surface area (Å²) < 4.78 is 53.5. The standard InChI is InChI=1S/C32H30ClF3N4O5/c1-18(37)24-14-11-21(16-26(24)41)39(5)29(42)20-7-6-8-22(15-20)40-25(27(33)28(38-40)32(34,35)36)17-44-23-12-9-19(10-13-23)30(43)45-31(2,3)4/h6-16,37,41H,17H2,1-5H3. The summed E-state index contributed by atoms with van der Waals surface area (Å²) in [4.78, 5) is 26.9. The Morgan fingerprint density at radius 3 is 2.27 bits per heavy atom. The van der Waals surface area contributed by atoms with Crippen molar-refractivity contribution in [1.29, 1.82) is 5.41 Å². The predicted molar refractivity (Wildman–Crippen MR) is 163 cm³/mol. The number of hydrogen-bond donors (Lipinski definition) is 2. The number of rotatable bonds is 8. The summed E-state index contributed by atoms with van der Waals surface area (Å²) in [5.74, 6) is -0.991. The highest BCUT2D eigenvalue weighted by Crippen LogP contribution is 2.37. The van der Waals surface area contributed by atoms with Gasteiger partial charge < -0.3 is 24.9 Å². The van der Waals surface area contributed by atoms with Gasteiger partial charge in [-0.2, -0.15) is 18.3 Å². The van der Waals surface area contributed by atoms with Gasteiger partial charge in [-0.05, 0) is 82.3 Å². The predicted octanol–water partition coefficient (Wildman–Crippen LogP) is 7.45. The van der Waals surface area contributed by atoms with Crippen molar-refractivity contribution in [2.24, 2.45) is 0 Å². The zero-order valence-corrected chi connectivity index (χ0v) is 25.7. The van der Waals surface area contributed by atoms with E-state index in [9.17, 15) is 27.9 Å². The number of aromatic nitrogens is 2. The third kappa shape index (κ3) is 7.63. The van der Waals surface area contributed by atoms with E-state index in [1.54, 1.807) is 26.8 Å². The Morgan fingerprint density at radius 1 is 1.02 bits per heavy atom. The Morgan fingerprint density at radius 2 is 1.69 bits per heavy atom. The van der Waals surface area contributed by atoms with Crippen LogP contribution >= 0.6 is 11.6 Å². The van der Waals surface area contributed by atoms with Crippen LogP contribution in [0.2, 0.25) is 5.02 Å². The number of ether oxygens (including phenoxy) is 2. The number of phenols is 1.